The van der Waals surface area contributed by atoms with Gasteiger partial charge in [0.1, 0.15) is 5.69 Å². The van der Waals surface area contributed by atoms with Gasteiger partial charge in [0, 0.05) is 78.4 Å². The fraction of sp³-hybridized carbons (Fsp3) is 0.293. The number of aromatic nitrogens is 3. The highest BCUT2D eigenvalue weighted by molar-refractivity contribution is 7.99. The maximum atomic E-state index is 14.6. The van der Waals surface area contributed by atoms with Gasteiger partial charge < -0.3 is 15.0 Å². The normalized spacial score (nSPS) is 15.3. The van der Waals surface area contributed by atoms with Crippen molar-refractivity contribution in [1.29, 1.82) is 0 Å². The van der Waals surface area contributed by atoms with E-state index in [4.69, 9.17) is 4.74 Å². The monoisotopic (exact) mass is 908 g/mol. The molecule has 6 aromatic rings. The molecule has 20 heteroatoms. The van der Waals surface area contributed by atoms with E-state index in [0.29, 0.717) is 66.8 Å². The third-order valence-corrected chi connectivity index (χ3v) is 14.5. The number of carbonyl (C=O) groups excluding carboxylic acids is 2. The lowest BCUT2D eigenvalue weighted by Crippen LogP contribution is -2.39. The first-order valence-electron chi connectivity index (χ1n) is 19.3. The van der Waals surface area contributed by atoms with Crippen molar-refractivity contribution in [2.45, 2.75) is 41.4 Å². The zero-order valence-electron chi connectivity index (χ0n) is 32.4. The zero-order chi connectivity index (χ0) is 42.6. The Morgan fingerprint density at radius 1 is 0.967 bits per heavy atom. The van der Waals surface area contributed by atoms with E-state index in [1.807, 2.05) is 52.1 Å². The van der Waals surface area contributed by atoms with Crippen LogP contribution in [0.1, 0.15) is 44.0 Å². The van der Waals surface area contributed by atoms with Crippen LogP contribution in [0, 0.1) is 0 Å². The van der Waals surface area contributed by atoms with Crippen LogP contribution >= 0.6 is 34.4 Å². The second kappa shape index (κ2) is 18.5. The predicted octanol–water partition coefficient (Wildman–Crippen LogP) is 7.40. The quantitative estimate of drug-likeness (QED) is 0.0933. The zero-order valence-corrected chi connectivity index (χ0v) is 35.6. The molecule has 2 amide bonds. The number of nitrogens with one attached hydrogen (secondary N) is 3. The maximum Gasteiger partial charge on any atom is 0.418 e. The molecule has 3 N–H and O–H groups in total. The van der Waals surface area contributed by atoms with Gasteiger partial charge in [-0.1, -0.05) is 41.7 Å². The van der Waals surface area contributed by atoms with Crippen molar-refractivity contribution in [3.63, 3.8) is 0 Å². The lowest BCUT2D eigenvalue weighted by Gasteiger charge is -2.29. The standard InChI is InChI=1S/C41H39F3N8O5S4/c42-41(43,44)32-21-29(9-10-33(32)46-27(13-15-51-17-19-57-20-18-51)24-58-28-6-2-1-3-7-28)61(55,56)50-38(54)35-25-59-40(48-35)52-16-12-26-5-4-8-30(31(26)23-52)37(53)49-39-47-34-11-14-45-22-36(34)60-39/h1-11,14,21-22,25,27,46H,12-13,15-20,23-24H2,(H,50,54)(H,47,49,53)/t27-/m1/s1. The fourth-order valence-electron chi connectivity index (χ4n) is 7.05. The summed E-state index contributed by atoms with van der Waals surface area (Å²) in [6.07, 6.45) is -0.494. The number of halogens is 3. The number of morpholine rings is 1. The van der Waals surface area contributed by atoms with E-state index in [1.165, 1.54) is 28.5 Å². The van der Waals surface area contributed by atoms with E-state index >= 15 is 0 Å². The van der Waals surface area contributed by atoms with Crippen LogP contribution in [0.3, 0.4) is 0 Å². The summed E-state index contributed by atoms with van der Waals surface area (Å²) >= 11 is 3.93. The van der Waals surface area contributed by atoms with Crippen molar-refractivity contribution >= 4 is 82.4 Å². The van der Waals surface area contributed by atoms with Crippen molar-refractivity contribution in [3.05, 3.63) is 119 Å². The molecule has 13 nitrogen and oxygen atoms in total. The van der Waals surface area contributed by atoms with E-state index in [1.54, 1.807) is 24.5 Å². The molecule has 0 aliphatic carbocycles. The van der Waals surface area contributed by atoms with Gasteiger partial charge in [-0.05, 0) is 66.4 Å². The summed E-state index contributed by atoms with van der Waals surface area (Å²) in [6.45, 7) is 4.07. The number of hydrogen-bond donors (Lipinski definition) is 3. The number of alkyl halides is 3. The number of rotatable bonds is 14. The molecule has 1 fully saturated rings. The number of benzene rings is 3. The summed E-state index contributed by atoms with van der Waals surface area (Å²) in [5, 5.41) is 8.16. The molecule has 8 rings (SSSR count). The van der Waals surface area contributed by atoms with Crippen molar-refractivity contribution in [2.24, 2.45) is 0 Å². The molecule has 61 heavy (non-hydrogen) atoms. The van der Waals surface area contributed by atoms with Gasteiger partial charge in [0.15, 0.2) is 10.3 Å². The maximum absolute atomic E-state index is 14.6. The van der Waals surface area contributed by atoms with Crippen molar-refractivity contribution < 1.29 is 35.9 Å². The highest BCUT2D eigenvalue weighted by atomic mass is 32.2. The molecular weight excluding hydrogens is 870 g/mol. The highest BCUT2D eigenvalue weighted by Gasteiger charge is 2.36. The van der Waals surface area contributed by atoms with Crippen LogP contribution in [-0.4, -0.2) is 91.3 Å². The largest absolute Gasteiger partial charge is 0.418 e. The van der Waals surface area contributed by atoms with Gasteiger partial charge in [-0.3, -0.25) is 24.8 Å². The number of amides is 2. The number of ether oxygens (including phenoxy) is 1. The third kappa shape index (κ3) is 10.3. The molecular formula is C41H39F3N8O5S4. The number of pyridine rings is 1. The summed E-state index contributed by atoms with van der Waals surface area (Å²) in [7, 11) is -4.76. The van der Waals surface area contributed by atoms with Crippen molar-refractivity contribution in [3.8, 4) is 0 Å². The number of anilines is 3. The van der Waals surface area contributed by atoms with Gasteiger partial charge in [-0.25, -0.2) is 23.1 Å². The molecule has 3 aromatic carbocycles. The number of carbonyl (C=O) groups is 2. The van der Waals surface area contributed by atoms with E-state index in [0.717, 1.165) is 62.8 Å². The van der Waals surface area contributed by atoms with E-state index in [-0.39, 0.29) is 23.8 Å². The smallest absolute Gasteiger partial charge is 0.381 e. The molecule has 1 atom stereocenters. The Kier molecular flexibility index (Phi) is 12.9. The summed E-state index contributed by atoms with van der Waals surface area (Å²) in [6, 6.07) is 19.1. The molecule has 318 valence electrons. The fourth-order valence-corrected chi connectivity index (χ4v) is 10.7. The average molecular weight is 909 g/mol. The number of thioether (sulfide) groups is 1. The summed E-state index contributed by atoms with van der Waals surface area (Å²) in [5.74, 6) is -0.970. The van der Waals surface area contributed by atoms with Crippen LogP contribution in [0.25, 0.3) is 10.2 Å². The van der Waals surface area contributed by atoms with Crippen LogP contribution < -0.4 is 20.3 Å². The molecule has 0 saturated carbocycles. The minimum absolute atomic E-state index is 0.223. The minimum atomic E-state index is -4.91. The molecule has 3 aromatic heterocycles. The number of fused-ring (bicyclic) bond motifs is 2. The van der Waals surface area contributed by atoms with Gasteiger partial charge in [-0.2, -0.15) is 13.2 Å². The summed E-state index contributed by atoms with van der Waals surface area (Å²) < 4.78 is 79.0. The Labute approximate surface area is 361 Å². The SMILES string of the molecule is O=C(NS(=O)(=O)c1ccc(N[C@H](CCN2CCOCC2)CSc2ccccc2)c(C(F)(F)F)c1)c1csc(N2CCc3cccc(C(=O)Nc4nc5ccncc5s4)c3C2)n1. The number of nitrogens with zero attached hydrogens (tertiary/aromatic N) is 5. The second-order valence-electron chi connectivity index (χ2n) is 14.3. The van der Waals surface area contributed by atoms with Crippen molar-refractivity contribution in [1.82, 2.24) is 24.6 Å². The number of thiazole rings is 2. The van der Waals surface area contributed by atoms with Crippen molar-refractivity contribution in [2.75, 3.05) is 60.7 Å². The molecule has 0 unspecified atom stereocenters. The Balaban J connectivity index is 0.947. The van der Waals surface area contributed by atoms with Gasteiger partial charge in [0.2, 0.25) is 0 Å². The number of sulfonamides is 1. The lowest BCUT2D eigenvalue weighted by atomic mass is 9.94. The summed E-state index contributed by atoms with van der Waals surface area (Å²) in [4.78, 5) is 44.1. The minimum Gasteiger partial charge on any atom is -0.381 e. The summed E-state index contributed by atoms with van der Waals surface area (Å²) in [5.41, 5.74) is 1.27. The predicted molar refractivity (Wildman–Crippen MR) is 231 cm³/mol. The van der Waals surface area contributed by atoms with Gasteiger partial charge >= 0.3 is 6.18 Å². The molecule has 0 spiro atoms. The van der Waals surface area contributed by atoms with Gasteiger partial charge in [0.05, 0.1) is 33.9 Å². The first kappa shape index (κ1) is 42.6. The topological polar surface area (TPSA) is 159 Å². The Morgan fingerprint density at radius 2 is 1.79 bits per heavy atom. The third-order valence-electron chi connectivity index (χ3n) is 10.2. The Morgan fingerprint density at radius 3 is 2.57 bits per heavy atom. The lowest BCUT2D eigenvalue weighted by molar-refractivity contribution is -0.137. The molecule has 5 heterocycles. The first-order valence-corrected chi connectivity index (χ1v) is 23.4. The highest BCUT2D eigenvalue weighted by Crippen LogP contribution is 2.38. The second-order valence-corrected chi connectivity index (χ2v) is 18.9. The van der Waals surface area contributed by atoms with Crippen LogP contribution in [0.15, 0.2) is 100 Å². The van der Waals surface area contributed by atoms with E-state index in [9.17, 15) is 31.2 Å². The molecule has 2 aliphatic rings. The van der Waals surface area contributed by atoms with Gasteiger partial charge in [-0.15, -0.1) is 23.1 Å². The molecule has 0 bridgehead atoms. The van der Waals surface area contributed by atoms with Crippen LogP contribution in [0.4, 0.5) is 29.1 Å². The molecule has 2 aliphatic heterocycles. The van der Waals surface area contributed by atoms with Crippen LogP contribution in [0.2, 0.25) is 0 Å². The van der Waals surface area contributed by atoms with E-state index < -0.39 is 38.6 Å². The molecule has 0 radical (unpaired) electrons. The first-order chi connectivity index (χ1) is 29.4. The van der Waals surface area contributed by atoms with Gasteiger partial charge in [0.25, 0.3) is 21.8 Å². The van der Waals surface area contributed by atoms with E-state index in [2.05, 4.69) is 30.5 Å². The Hall–Kier alpha value is -5.12. The number of hydrogen-bond acceptors (Lipinski definition) is 14. The van der Waals surface area contributed by atoms with Crippen LogP contribution in [0.5, 0.6) is 0 Å². The Bertz CT molecular complexity index is 2610. The molecule has 1 saturated heterocycles. The van der Waals surface area contributed by atoms with Crippen LogP contribution in [-0.2, 0) is 33.9 Å². The average Bonchev–Trinajstić information content (AvgIpc) is 3.92.